The number of benzene rings is 2. The molecule has 0 saturated carbocycles. The minimum absolute atomic E-state index is 0. The fourth-order valence-corrected chi connectivity index (χ4v) is 4.29. The molecule has 0 unspecified atom stereocenters. The molecule has 208 valence electrons. The Labute approximate surface area is 244 Å². The molecule has 0 saturated heterocycles. The Morgan fingerprint density at radius 3 is 2.49 bits per heavy atom. The van der Waals surface area contributed by atoms with E-state index in [-0.39, 0.29) is 67.9 Å². The molecule has 0 fully saturated rings. The zero-order valence-electron chi connectivity index (χ0n) is 23.5. The molecule has 2 amide bonds. The summed E-state index contributed by atoms with van der Waals surface area (Å²) < 4.78 is 47.6. The van der Waals surface area contributed by atoms with E-state index in [2.05, 4.69) is 4.74 Å². The van der Waals surface area contributed by atoms with Crippen molar-refractivity contribution in [1.82, 2.24) is 4.90 Å². The van der Waals surface area contributed by atoms with E-state index in [0.717, 1.165) is 11.3 Å². The molecule has 11 heteroatoms. The predicted molar refractivity (Wildman–Crippen MR) is 143 cm³/mol. The first kappa shape index (κ1) is 32.4. The largest absolute Gasteiger partial charge is 2.00 e. The number of nitrogens with zero attached hydrogens (tertiary/aromatic N) is 2. The van der Waals surface area contributed by atoms with Crippen LogP contribution in [0.2, 0.25) is 0 Å². The number of rotatable bonds is 11. The Hall–Kier alpha value is -2.79. The number of amides is 2. The maximum atomic E-state index is 12.8. The molecular formula is C28H33F3MgN2O5. The van der Waals surface area contributed by atoms with Crippen molar-refractivity contribution >= 4 is 46.5 Å². The normalized spacial score (nSPS) is 13.0. The van der Waals surface area contributed by atoms with Crippen molar-refractivity contribution < 1.29 is 38.5 Å². The standard InChI is InChI=1S/C28H32F3N2O5.Mg.H/c1-19(2)37-27(36)33(17-15-20-8-4-5-10-25(20)38-28(29,30)31)16-7-6-9-24(34)22-11-13-23-21(18-22)12-14-26(35)32(23)3;;/h4-5,8,10-11,13,18H,6-7,9,12,14-17H2,1-3H3;;/q-1;+2;-1. The number of carbonyl (C=O) groups excluding carboxylic acids is 3. The minimum Gasteiger partial charge on any atom is -1.00 e. The first-order valence-corrected chi connectivity index (χ1v) is 12.5. The first-order valence-electron chi connectivity index (χ1n) is 12.5. The molecule has 1 aliphatic rings. The monoisotopic (exact) mass is 558 g/mol. The second-order valence-electron chi connectivity index (χ2n) is 9.35. The maximum absolute atomic E-state index is 12.8. The van der Waals surface area contributed by atoms with Crippen molar-refractivity contribution in [2.45, 2.75) is 58.7 Å². The number of hydrogen-bond acceptors (Lipinski definition) is 5. The molecule has 0 spiro atoms. The summed E-state index contributed by atoms with van der Waals surface area (Å²) in [6.45, 7) is 3.66. The van der Waals surface area contributed by atoms with Gasteiger partial charge < -0.3 is 20.7 Å². The van der Waals surface area contributed by atoms with Gasteiger partial charge in [0, 0.05) is 44.2 Å². The summed E-state index contributed by atoms with van der Waals surface area (Å²) >= 11 is 0. The number of fused-ring (bicyclic) bond motifs is 1. The zero-order chi connectivity index (χ0) is 27.9. The third kappa shape index (κ3) is 9.72. The molecule has 1 aliphatic heterocycles. The number of ether oxygens (including phenoxy) is 2. The van der Waals surface area contributed by atoms with Gasteiger partial charge in [0.05, 0.1) is 0 Å². The van der Waals surface area contributed by atoms with E-state index >= 15 is 0 Å². The first-order chi connectivity index (χ1) is 17.9. The Morgan fingerprint density at radius 1 is 1.08 bits per heavy atom. The van der Waals surface area contributed by atoms with Gasteiger partial charge >= 0.3 is 35.5 Å². The summed E-state index contributed by atoms with van der Waals surface area (Å²) in [5.41, 5.74) is 2.68. The number of anilines is 1. The fourth-order valence-electron chi connectivity index (χ4n) is 4.29. The summed E-state index contributed by atoms with van der Waals surface area (Å²) in [6.07, 6.45) is -2.54. The number of Topliss-reactive ketones (excluding diaryl/α,β-unsaturated/α-hetero) is 1. The molecule has 2 aromatic carbocycles. The summed E-state index contributed by atoms with van der Waals surface area (Å²) in [4.78, 5) is 40.3. The summed E-state index contributed by atoms with van der Waals surface area (Å²) in [6, 6.07) is 11.2. The van der Waals surface area contributed by atoms with Crippen LogP contribution < -0.4 is 9.64 Å². The molecule has 0 aliphatic carbocycles. The average Bonchev–Trinajstić information content (AvgIpc) is 2.85. The van der Waals surface area contributed by atoms with E-state index in [1.807, 2.05) is 6.07 Å². The Balaban J connectivity index is 0.00000400. The van der Waals surface area contributed by atoms with Crippen LogP contribution >= 0.6 is 0 Å². The van der Waals surface area contributed by atoms with Crippen LogP contribution in [0.1, 0.15) is 62.4 Å². The molecule has 0 bridgehead atoms. The van der Waals surface area contributed by atoms with Crippen LogP contribution in [0.5, 0.6) is 5.75 Å². The summed E-state index contributed by atoms with van der Waals surface area (Å²) in [5, 5.41) is 0. The summed E-state index contributed by atoms with van der Waals surface area (Å²) in [7, 11) is 1.72. The van der Waals surface area contributed by atoms with Gasteiger partial charge in [-0.3, -0.25) is 9.59 Å². The smallest absolute Gasteiger partial charge is 1.00 e. The zero-order valence-corrected chi connectivity index (χ0v) is 23.9. The Morgan fingerprint density at radius 2 is 1.79 bits per heavy atom. The molecule has 1 heterocycles. The van der Waals surface area contributed by atoms with E-state index < -0.39 is 12.5 Å². The van der Waals surface area contributed by atoms with Gasteiger partial charge in [-0.15, -0.1) is 19.3 Å². The van der Waals surface area contributed by atoms with Crippen LogP contribution in [0.4, 0.5) is 23.7 Å². The van der Waals surface area contributed by atoms with Gasteiger partial charge in [0.2, 0.25) is 5.91 Å². The molecule has 7 nitrogen and oxygen atoms in total. The van der Waals surface area contributed by atoms with Crippen LogP contribution in [-0.4, -0.2) is 72.2 Å². The van der Waals surface area contributed by atoms with Crippen molar-refractivity contribution in [3.8, 4) is 5.75 Å². The van der Waals surface area contributed by atoms with Crippen LogP contribution in [0.3, 0.4) is 0 Å². The van der Waals surface area contributed by atoms with Gasteiger partial charge in [0.25, 0.3) is 0 Å². The second-order valence-corrected chi connectivity index (χ2v) is 9.35. The van der Waals surface area contributed by atoms with Gasteiger partial charge in [0.15, 0.2) is 5.78 Å². The van der Waals surface area contributed by atoms with Crippen molar-refractivity contribution in [3.63, 3.8) is 0 Å². The molecule has 0 radical (unpaired) electrons. The Bertz CT molecular complexity index is 1160. The van der Waals surface area contributed by atoms with Crippen LogP contribution in [-0.2, 0) is 22.4 Å². The number of halogens is 3. The van der Waals surface area contributed by atoms with Crippen molar-refractivity contribution in [3.05, 3.63) is 65.3 Å². The molecule has 3 rings (SSSR count). The number of ketones is 1. The number of unbranched alkanes of at least 4 members (excludes halogenated alkanes) is 1. The topological polar surface area (TPSA) is 76.2 Å². The molecule has 39 heavy (non-hydrogen) atoms. The molecular weight excluding hydrogens is 526 g/mol. The van der Waals surface area contributed by atoms with Crippen LogP contribution in [0, 0.1) is 6.10 Å². The van der Waals surface area contributed by atoms with E-state index in [1.165, 1.54) is 23.1 Å². The second kappa shape index (κ2) is 14.6. The van der Waals surface area contributed by atoms with Gasteiger partial charge in [-0.2, -0.15) is 13.8 Å². The van der Waals surface area contributed by atoms with Gasteiger partial charge in [-0.25, -0.2) is 4.79 Å². The third-order valence-corrected chi connectivity index (χ3v) is 6.23. The van der Waals surface area contributed by atoms with E-state index in [9.17, 15) is 27.6 Å². The molecule has 0 aromatic heterocycles. The van der Waals surface area contributed by atoms with Crippen molar-refractivity contribution in [1.29, 1.82) is 0 Å². The SMILES string of the molecule is C[C-](C)OC(=O)N(CCCCC(=O)c1ccc2c(c1)CCC(=O)N2C)CCc1ccccc1OC(F)(F)F.[H-].[Mg+2]. The van der Waals surface area contributed by atoms with Crippen LogP contribution in [0.25, 0.3) is 0 Å². The number of carbonyl (C=O) groups is 3. The Kier molecular flexibility index (Phi) is 12.1. The predicted octanol–water partition coefficient (Wildman–Crippen LogP) is 5.83. The van der Waals surface area contributed by atoms with Crippen molar-refractivity contribution in [2.75, 3.05) is 25.0 Å². The average molecular weight is 559 g/mol. The molecule has 0 atom stereocenters. The van der Waals surface area contributed by atoms with Gasteiger partial charge in [-0.05, 0) is 61.1 Å². The van der Waals surface area contributed by atoms with Crippen molar-refractivity contribution in [2.24, 2.45) is 0 Å². The third-order valence-electron chi connectivity index (χ3n) is 6.23. The molecule has 2 aromatic rings. The van der Waals surface area contributed by atoms with E-state index in [0.29, 0.717) is 42.9 Å². The number of aryl methyl sites for hydroxylation is 1. The van der Waals surface area contributed by atoms with Crippen LogP contribution in [0.15, 0.2) is 42.5 Å². The minimum atomic E-state index is -4.82. The number of alkyl halides is 3. The van der Waals surface area contributed by atoms with Gasteiger partial charge in [0.1, 0.15) is 5.75 Å². The van der Waals surface area contributed by atoms with E-state index in [1.54, 1.807) is 44.0 Å². The fraction of sp³-hybridized carbons (Fsp3) is 0.429. The number of para-hydroxylation sites is 1. The van der Waals surface area contributed by atoms with Gasteiger partial charge in [-0.1, -0.05) is 18.2 Å². The quantitative estimate of drug-likeness (QED) is 0.150. The summed E-state index contributed by atoms with van der Waals surface area (Å²) in [5.74, 6) is -0.290. The molecule has 0 N–H and O–H groups in total. The number of hydrogen-bond donors (Lipinski definition) is 0. The van der Waals surface area contributed by atoms with E-state index in [4.69, 9.17) is 4.74 Å². The maximum Gasteiger partial charge on any atom is 2.00 e.